The molecule has 3 nitrogen and oxygen atoms in total. The number of aromatic nitrogens is 2. The summed E-state index contributed by atoms with van der Waals surface area (Å²) in [5.41, 5.74) is 3.98. The molecule has 0 spiro atoms. The maximum Gasteiger partial charge on any atom is 0.0628 e. The van der Waals surface area contributed by atoms with Crippen LogP contribution in [0.4, 0.5) is 0 Å². The fraction of sp³-hybridized carbons (Fsp3) is 0.812. The first kappa shape index (κ1) is 16.2. The third-order valence-electron chi connectivity index (χ3n) is 3.61. The largest absolute Gasteiger partial charge is 0.314 e. The minimum atomic E-state index is 0.557. The van der Waals surface area contributed by atoms with Crippen molar-refractivity contribution in [2.75, 3.05) is 6.54 Å². The van der Waals surface area contributed by atoms with Crippen molar-refractivity contribution < 1.29 is 0 Å². The van der Waals surface area contributed by atoms with Crippen molar-refractivity contribution in [3.63, 3.8) is 0 Å². The zero-order valence-corrected chi connectivity index (χ0v) is 13.6. The Kier molecular flexibility index (Phi) is 6.56. The van der Waals surface area contributed by atoms with Crippen molar-refractivity contribution in [1.82, 2.24) is 15.1 Å². The Balaban J connectivity index is 2.55. The lowest BCUT2D eigenvalue weighted by molar-refractivity contribution is 0.483. The van der Waals surface area contributed by atoms with Gasteiger partial charge in [0.2, 0.25) is 0 Å². The molecule has 0 atom stereocenters. The van der Waals surface area contributed by atoms with E-state index in [1.165, 1.54) is 29.8 Å². The lowest BCUT2D eigenvalue weighted by Crippen LogP contribution is -2.25. The number of aryl methyl sites for hydroxylation is 2. The van der Waals surface area contributed by atoms with Gasteiger partial charge in [0.15, 0.2) is 0 Å². The number of nitrogens with zero attached hydrogens (tertiary/aromatic N) is 2. The molecule has 0 aliphatic heterocycles. The van der Waals surface area contributed by atoms with Crippen molar-refractivity contribution in [1.29, 1.82) is 0 Å². The predicted molar refractivity (Wildman–Crippen MR) is 82.6 cm³/mol. The molecule has 3 heteroatoms. The van der Waals surface area contributed by atoms with E-state index in [0.717, 1.165) is 25.4 Å². The summed E-state index contributed by atoms with van der Waals surface area (Å²) >= 11 is 0. The van der Waals surface area contributed by atoms with Crippen molar-refractivity contribution in [2.45, 2.75) is 73.4 Å². The molecule has 0 saturated heterocycles. The summed E-state index contributed by atoms with van der Waals surface area (Å²) in [7, 11) is 0. The van der Waals surface area contributed by atoms with E-state index in [1.807, 2.05) is 0 Å². The minimum Gasteiger partial charge on any atom is -0.314 e. The molecule has 0 fully saturated rings. The predicted octanol–water partition coefficient (Wildman–Crippen LogP) is 3.48. The third-order valence-corrected chi connectivity index (χ3v) is 3.61. The number of nitrogens with one attached hydrogen (secondary N) is 1. The molecule has 0 aliphatic carbocycles. The second-order valence-corrected chi connectivity index (χ2v) is 6.27. The Morgan fingerprint density at radius 2 is 1.84 bits per heavy atom. The average Bonchev–Trinajstić information content (AvgIpc) is 2.56. The van der Waals surface area contributed by atoms with Crippen LogP contribution in [0.3, 0.4) is 0 Å². The minimum absolute atomic E-state index is 0.557. The van der Waals surface area contributed by atoms with Gasteiger partial charge in [-0.1, -0.05) is 27.7 Å². The van der Waals surface area contributed by atoms with Crippen LogP contribution >= 0.6 is 0 Å². The van der Waals surface area contributed by atoms with Gasteiger partial charge in [0.05, 0.1) is 5.69 Å². The fourth-order valence-electron chi connectivity index (χ4n) is 2.45. The quantitative estimate of drug-likeness (QED) is 0.780. The second kappa shape index (κ2) is 7.68. The van der Waals surface area contributed by atoms with Crippen LogP contribution in [0.1, 0.15) is 57.5 Å². The van der Waals surface area contributed by atoms with Gasteiger partial charge in [-0.25, -0.2) is 0 Å². The zero-order chi connectivity index (χ0) is 14.4. The van der Waals surface area contributed by atoms with Crippen molar-refractivity contribution in [3.05, 3.63) is 17.0 Å². The van der Waals surface area contributed by atoms with Gasteiger partial charge in [-0.05, 0) is 51.1 Å². The van der Waals surface area contributed by atoms with Gasteiger partial charge < -0.3 is 5.32 Å². The highest BCUT2D eigenvalue weighted by molar-refractivity contribution is 5.24. The van der Waals surface area contributed by atoms with Crippen molar-refractivity contribution in [2.24, 2.45) is 5.92 Å². The van der Waals surface area contributed by atoms with Gasteiger partial charge in [0.1, 0.15) is 0 Å². The summed E-state index contributed by atoms with van der Waals surface area (Å²) < 4.78 is 2.20. The second-order valence-electron chi connectivity index (χ2n) is 6.27. The van der Waals surface area contributed by atoms with Gasteiger partial charge in [-0.3, -0.25) is 4.68 Å². The Morgan fingerprint density at radius 3 is 2.42 bits per heavy atom. The van der Waals surface area contributed by atoms with E-state index in [0.29, 0.717) is 6.04 Å². The highest BCUT2D eigenvalue weighted by atomic mass is 15.3. The number of hydrogen-bond donors (Lipinski definition) is 1. The van der Waals surface area contributed by atoms with Crippen LogP contribution in [0.15, 0.2) is 0 Å². The van der Waals surface area contributed by atoms with Crippen LogP contribution in [-0.2, 0) is 13.0 Å². The molecule has 0 aromatic carbocycles. The van der Waals surface area contributed by atoms with Crippen LogP contribution in [-0.4, -0.2) is 22.4 Å². The molecule has 1 aromatic rings. The van der Waals surface area contributed by atoms with Gasteiger partial charge in [0, 0.05) is 18.3 Å². The molecule has 19 heavy (non-hydrogen) atoms. The molecule has 0 aliphatic rings. The topological polar surface area (TPSA) is 29.9 Å². The molecule has 0 saturated carbocycles. The average molecular weight is 265 g/mol. The van der Waals surface area contributed by atoms with Crippen LogP contribution in [0.2, 0.25) is 0 Å². The zero-order valence-electron chi connectivity index (χ0n) is 13.6. The third kappa shape index (κ3) is 5.35. The molecule has 1 rings (SSSR count). The van der Waals surface area contributed by atoms with Gasteiger partial charge >= 0.3 is 0 Å². The van der Waals surface area contributed by atoms with Crippen LogP contribution in [0, 0.1) is 19.8 Å². The van der Waals surface area contributed by atoms with E-state index in [1.54, 1.807) is 0 Å². The lowest BCUT2D eigenvalue weighted by atomic mass is 10.1. The summed E-state index contributed by atoms with van der Waals surface area (Å²) in [5, 5.41) is 8.17. The van der Waals surface area contributed by atoms with Crippen molar-refractivity contribution >= 4 is 0 Å². The molecule has 0 radical (unpaired) electrons. The lowest BCUT2D eigenvalue weighted by Gasteiger charge is -2.09. The molecule has 1 N–H and O–H groups in total. The first-order valence-corrected chi connectivity index (χ1v) is 7.68. The van der Waals surface area contributed by atoms with E-state index in [2.05, 4.69) is 51.5 Å². The molecule has 0 amide bonds. The smallest absolute Gasteiger partial charge is 0.0628 e. The normalized spacial score (nSPS) is 11.8. The Bertz CT molecular complexity index is 378. The number of hydrogen-bond acceptors (Lipinski definition) is 2. The highest BCUT2D eigenvalue weighted by Crippen LogP contribution is 2.15. The Labute approximate surface area is 118 Å². The first-order valence-electron chi connectivity index (χ1n) is 7.68. The van der Waals surface area contributed by atoms with Crippen LogP contribution in [0.5, 0.6) is 0 Å². The molecular formula is C16H31N3. The maximum atomic E-state index is 4.69. The monoisotopic (exact) mass is 265 g/mol. The molecule has 0 unspecified atom stereocenters. The van der Waals surface area contributed by atoms with Crippen LogP contribution in [0.25, 0.3) is 0 Å². The maximum absolute atomic E-state index is 4.69. The summed E-state index contributed by atoms with van der Waals surface area (Å²) in [6.45, 7) is 15.4. The molecule has 1 heterocycles. The fourth-order valence-corrected chi connectivity index (χ4v) is 2.45. The summed E-state index contributed by atoms with van der Waals surface area (Å²) in [6, 6.07) is 0.557. The molecular weight excluding hydrogens is 234 g/mol. The number of rotatable bonds is 8. The SMILES string of the molecule is Cc1nn(CCCC(C)C)c(C)c1CCNC(C)C. The Morgan fingerprint density at radius 1 is 1.16 bits per heavy atom. The van der Waals surface area contributed by atoms with Gasteiger partial charge in [0.25, 0.3) is 0 Å². The van der Waals surface area contributed by atoms with E-state index in [-0.39, 0.29) is 0 Å². The highest BCUT2D eigenvalue weighted by Gasteiger charge is 2.11. The standard InChI is InChI=1S/C16H31N3/c1-12(2)8-7-11-19-15(6)16(14(5)18-19)9-10-17-13(3)4/h12-13,17H,7-11H2,1-6H3. The molecule has 1 aromatic heterocycles. The van der Waals surface area contributed by atoms with Crippen molar-refractivity contribution in [3.8, 4) is 0 Å². The van der Waals surface area contributed by atoms with E-state index in [4.69, 9.17) is 5.10 Å². The van der Waals surface area contributed by atoms with Gasteiger partial charge in [-0.2, -0.15) is 5.10 Å². The summed E-state index contributed by atoms with van der Waals surface area (Å²) in [5.74, 6) is 0.784. The Hall–Kier alpha value is -0.830. The molecule has 0 bridgehead atoms. The molecule has 110 valence electrons. The van der Waals surface area contributed by atoms with E-state index in [9.17, 15) is 0 Å². The van der Waals surface area contributed by atoms with Crippen LogP contribution < -0.4 is 5.32 Å². The summed E-state index contributed by atoms with van der Waals surface area (Å²) in [6.07, 6.45) is 3.59. The van der Waals surface area contributed by atoms with Gasteiger partial charge in [-0.15, -0.1) is 0 Å². The van der Waals surface area contributed by atoms with E-state index < -0.39 is 0 Å². The summed E-state index contributed by atoms with van der Waals surface area (Å²) in [4.78, 5) is 0. The van der Waals surface area contributed by atoms with E-state index >= 15 is 0 Å². The first-order chi connectivity index (χ1) is 8.91.